The molecule has 0 aliphatic heterocycles. The van der Waals surface area contributed by atoms with Gasteiger partial charge in [-0.3, -0.25) is 4.79 Å². The molecule has 0 saturated carbocycles. The largest absolute Gasteiger partial charge is 0.481 e. The molecule has 1 rings (SSSR count). The fourth-order valence-corrected chi connectivity index (χ4v) is 3.99. The Labute approximate surface area is 179 Å². The van der Waals surface area contributed by atoms with E-state index in [2.05, 4.69) is 15.7 Å². The van der Waals surface area contributed by atoms with Gasteiger partial charge in [0.25, 0.3) is 0 Å². The summed E-state index contributed by atoms with van der Waals surface area (Å²) in [5.74, 6) is -0.654. The Morgan fingerprint density at radius 3 is 1.34 bits per heavy atom. The summed E-state index contributed by atoms with van der Waals surface area (Å²) >= 11 is 0. The molecule has 0 amide bonds. The molecule has 0 fully saturated rings. The smallest absolute Gasteiger partial charge is 0.303 e. The van der Waals surface area contributed by atoms with Gasteiger partial charge in [-0.15, -0.1) is 0 Å². The zero-order valence-corrected chi connectivity index (χ0v) is 18.8. The molecule has 29 heavy (non-hydrogen) atoms. The van der Waals surface area contributed by atoms with Crippen LogP contribution >= 0.6 is 0 Å². The van der Waals surface area contributed by atoms with Gasteiger partial charge in [-0.2, -0.15) is 0 Å². The quantitative estimate of drug-likeness (QED) is 0.200. The van der Waals surface area contributed by atoms with Gasteiger partial charge in [0.2, 0.25) is 0 Å². The van der Waals surface area contributed by atoms with Crippen molar-refractivity contribution in [1.82, 2.24) is 9.55 Å². The van der Waals surface area contributed by atoms with Crippen molar-refractivity contribution in [2.75, 3.05) is 0 Å². The number of unbranched alkanes of at least 4 members (excludes halogenated alkanes) is 18. The van der Waals surface area contributed by atoms with Gasteiger partial charge >= 0.3 is 5.97 Å². The number of carbonyl (C=O) groups is 1. The molecule has 0 atom stereocenters. The molecule has 0 unspecified atom stereocenters. The van der Waals surface area contributed by atoms with Crippen molar-refractivity contribution in [3.8, 4) is 0 Å². The molecule has 1 N–H and O–H groups in total. The van der Waals surface area contributed by atoms with Gasteiger partial charge < -0.3 is 9.67 Å². The summed E-state index contributed by atoms with van der Waals surface area (Å²) in [6.07, 6.45) is 31.4. The third-order valence-corrected chi connectivity index (χ3v) is 5.87. The van der Waals surface area contributed by atoms with Gasteiger partial charge in [0.05, 0.1) is 6.33 Å². The van der Waals surface area contributed by atoms with Crippen LogP contribution < -0.4 is 0 Å². The molecule has 1 heterocycles. The molecule has 0 aliphatic carbocycles. The molecular formula is C25H46N2O2. The minimum absolute atomic E-state index is 0.341. The van der Waals surface area contributed by atoms with Crippen LogP contribution in [0.3, 0.4) is 0 Å². The van der Waals surface area contributed by atoms with E-state index in [0.717, 1.165) is 19.4 Å². The van der Waals surface area contributed by atoms with E-state index in [1.807, 2.05) is 12.5 Å². The lowest BCUT2D eigenvalue weighted by Gasteiger charge is -2.04. The summed E-state index contributed by atoms with van der Waals surface area (Å²) in [5, 5.41) is 8.59. The van der Waals surface area contributed by atoms with Crippen LogP contribution in [0.1, 0.15) is 128 Å². The van der Waals surface area contributed by atoms with Gasteiger partial charge in [0.15, 0.2) is 0 Å². The summed E-state index contributed by atoms with van der Waals surface area (Å²) in [4.78, 5) is 14.5. The standard InChI is InChI=1S/C25H46N2O2/c28-25(29)20-18-16-14-12-10-8-6-4-2-1-3-5-7-9-11-13-15-17-19-22-27-23-21-26-24-27/h21,23-24H,1-20,22H2,(H,28,29). The molecule has 1 aromatic heterocycles. The van der Waals surface area contributed by atoms with Crippen LogP contribution in [0.2, 0.25) is 0 Å². The Balaban J connectivity index is 1.64. The third kappa shape index (κ3) is 18.4. The third-order valence-electron chi connectivity index (χ3n) is 5.87. The first kappa shape index (κ1) is 25.7. The number of aryl methyl sites for hydroxylation is 1. The lowest BCUT2D eigenvalue weighted by molar-refractivity contribution is -0.137. The molecule has 0 radical (unpaired) electrons. The highest BCUT2D eigenvalue weighted by Crippen LogP contribution is 2.15. The summed E-state index contributed by atoms with van der Waals surface area (Å²) in [7, 11) is 0. The number of hydrogen-bond acceptors (Lipinski definition) is 2. The lowest BCUT2D eigenvalue weighted by atomic mass is 10.0. The van der Waals surface area contributed by atoms with Crippen molar-refractivity contribution in [2.45, 2.75) is 135 Å². The number of aromatic nitrogens is 2. The van der Waals surface area contributed by atoms with Crippen molar-refractivity contribution in [3.05, 3.63) is 18.7 Å². The summed E-state index contributed by atoms with van der Waals surface area (Å²) in [6.45, 7) is 1.12. The van der Waals surface area contributed by atoms with Gasteiger partial charge in [-0.05, 0) is 12.8 Å². The Morgan fingerprint density at radius 2 is 1.00 bits per heavy atom. The monoisotopic (exact) mass is 406 g/mol. The number of hydrogen-bond donors (Lipinski definition) is 1. The van der Waals surface area contributed by atoms with Crippen LogP contribution in [0.4, 0.5) is 0 Å². The molecule has 0 aliphatic rings. The minimum atomic E-state index is -0.654. The van der Waals surface area contributed by atoms with Crippen molar-refractivity contribution >= 4 is 5.97 Å². The summed E-state index contributed by atoms with van der Waals surface area (Å²) < 4.78 is 2.17. The first-order valence-electron chi connectivity index (χ1n) is 12.5. The predicted octanol–water partition coefficient (Wildman–Crippen LogP) is 7.77. The number of rotatable bonds is 22. The predicted molar refractivity (Wildman–Crippen MR) is 122 cm³/mol. The fraction of sp³-hybridized carbons (Fsp3) is 0.840. The molecule has 0 spiro atoms. The van der Waals surface area contributed by atoms with Crippen molar-refractivity contribution in [1.29, 1.82) is 0 Å². The summed E-state index contributed by atoms with van der Waals surface area (Å²) in [6, 6.07) is 0. The van der Waals surface area contributed by atoms with E-state index in [1.165, 1.54) is 109 Å². The number of carboxylic acid groups (broad SMARTS) is 1. The Hall–Kier alpha value is -1.32. The number of carboxylic acids is 1. The van der Waals surface area contributed by atoms with Gasteiger partial charge in [0.1, 0.15) is 0 Å². The van der Waals surface area contributed by atoms with Crippen LogP contribution in [0.5, 0.6) is 0 Å². The molecule has 0 bridgehead atoms. The van der Waals surface area contributed by atoms with E-state index in [1.54, 1.807) is 0 Å². The molecular weight excluding hydrogens is 360 g/mol. The number of aliphatic carboxylic acids is 1. The van der Waals surface area contributed by atoms with E-state index < -0.39 is 5.97 Å². The maximum atomic E-state index is 10.4. The molecule has 4 heteroatoms. The highest BCUT2D eigenvalue weighted by molar-refractivity contribution is 5.66. The maximum Gasteiger partial charge on any atom is 0.303 e. The molecule has 4 nitrogen and oxygen atoms in total. The molecule has 0 aromatic carbocycles. The number of imidazole rings is 1. The van der Waals surface area contributed by atoms with E-state index >= 15 is 0 Å². The Bertz CT molecular complexity index is 459. The van der Waals surface area contributed by atoms with E-state index in [-0.39, 0.29) is 0 Å². The number of nitrogens with zero attached hydrogens (tertiary/aromatic N) is 2. The topological polar surface area (TPSA) is 55.1 Å². The van der Waals surface area contributed by atoms with Crippen LogP contribution in [0.15, 0.2) is 18.7 Å². The first-order valence-corrected chi connectivity index (χ1v) is 12.5. The van der Waals surface area contributed by atoms with Gasteiger partial charge in [0, 0.05) is 25.4 Å². The average molecular weight is 407 g/mol. The second-order valence-corrected chi connectivity index (χ2v) is 8.66. The second kappa shape index (κ2) is 20.0. The Morgan fingerprint density at radius 1 is 0.621 bits per heavy atom. The minimum Gasteiger partial charge on any atom is -0.481 e. The zero-order chi connectivity index (χ0) is 20.8. The van der Waals surface area contributed by atoms with Crippen molar-refractivity contribution in [3.63, 3.8) is 0 Å². The molecule has 168 valence electrons. The zero-order valence-electron chi connectivity index (χ0n) is 18.8. The van der Waals surface area contributed by atoms with Gasteiger partial charge in [-0.1, -0.05) is 109 Å². The van der Waals surface area contributed by atoms with Crippen LogP contribution in [-0.2, 0) is 11.3 Å². The van der Waals surface area contributed by atoms with E-state index in [9.17, 15) is 4.79 Å². The summed E-state index contributed by atoms with van der Waals surface area (Å²) in [5.41, 5.74) is 0. The van der Waals surface area contributed by atoms with Crippen LogP contribution in [0.25, 0.3) is 0 Å². The Kier molecular flexibility index (Phi) is 17.7. The maximum absolute atomic E-state index is 10.4. The van der Waals surface area contributed by atoms with Crippen molar-refractivity contribution < 1.29 is 9.90 Å². The van der Waals surface area contributed by atoms with E-state index in [4.69, 9.17) is 5.11 Å². The molecule has 0 saturated heterocycles. The van der Waals surface area contributed by atoms with Crippen LogP contribution in [0, 0.1) is 0 Å². The van der Waals surface area contributed by atoms with Gasteiger partial charge in [-0.25, -0.2) is 4.98 Å². The SMILES string of the molecule is O=C(O)CCCCCCCCCCCCCCCCCCCCCn1ccnc1. The fourth-order valence-electron chi connectivity index (χ4n) is 3.99. The normalized spacial score (nSPS) is 11.2. The average Bonchev–Trinajstić information content (AvgIpc) is 3.22. The highest BCUT2D eigenvalue weighted by atomic mass is 16.4. The van der Waals surface area contributed by atoms with Crippen LogP contribution in [-0.4, -0.2) is 20.6 Å². The lowest BCUT2D eigenvalue weighted by Crippen LogP contribution is -1.93. The molecule has 1 aromatic rings. The highest BCUT2D eigenvalue weighted by Gasteiger charge is 1.97. The van der Waals surface area contributed by atoms with E-state index in [0.29, 0.717) is 6.42 Å². The van der Waals surface area contributed by atoms with Crippen molar-refractivity contribution in [2.24, 2.45) is 0 Å². The first-order chi connectivity index (χ1) is 14.3. The second-order valence-electron chi connectivity index (χ2n) is 8.66.